The fourth-order valence-electron chi connectivity index (χ4n) is 3.24. The highest BCUT2D eigenvalue weighted by Gasteiger charge is 2.04. The fraction of sp³-hybridized carbons (Fsp3) is 0.810. The van der Waals surface area contributed by atoms with Crippen molar-refractivity contribution in [2.24, 2.45) is 0 Å². The Labute approximate surface area is 144 Å². The van der Waals surface area contributed by atoms with Gasteiger partial charge in [0, 0.05) is 19.3 Å². The summed E-state index contributed by atoms with van der Waals surface area (Å²) in [5.74, 6) is 0. The van der Waals surface area contributed by atoms with Crippen molar-refractivity contribution >= 4 is 6.21 Å². The third kappa shape index (κ3) is 13.1. The van der Waals surface area contributed by atoms with Gasteiger partial charge in [0.2, 0.25) is 0 Å². The summed E-state index contributed by atoms with van der Waals surface area (Å²) < 4.78 is 2.46. The lowest BCUT2D eigenvalue weighted by Crippen LogP contribution is -2.17. The molecular weight excluding hydrogens is 280 g/mol. The molecule has 0 fully saturated rings. The molecular formula is C21H37N2+. The predicted octanol–water partition coefficient (Wildman–Crippen LogP) is 6.01. The van der Waals surface area contributed by atoms with Gasteiger partial charge in [0.05, 0.1) is 6.07 Å². The quantitative estimate of drug-likeness (QED) is 0.268. The molecule has 0 unspecified atom stereocenters. The van der Waals surface area contributed by atoms with E-state index < -0.39 is 0 Å². The lowest BCUT2D eigenvalue weighted by Gasteiger charge is -2.05. The first-order valence-electron chi connectivity index (χ1n) is 10.0. The molecule has 0 bridgehead atoms. The van der Waals surface area contributed by atoms with Gasteiger partial charge in [0.15, 0.2) is 6.21 Å². The third-order valence-corrected chi connectivity index (χ3v) is 4.75. The van der Waals surface area contributed by atoms with Crippen LogP contribution >= 0.6 is 0 Å². The van der Waals surface area contributed by atoms with Gasteiger partial charge in [-0.1, -0.05) is 70.3 Å². The second kappa shape index (κ2) is 15.8. The van der Waals surface area contributed by atoms with Crippen molar-refractivity contribution in [3.63, 3.8) is 0 Å². The molecule has 0 spiro atoms. The topological polar surface area (TPSA) is 26.8 Å². The van der Waals surface area contributed by atoms with E-state index >= 15 is 0 Å². The van der Waals surface area contributed by atoms with Gasteiger partial charge >= 0.3 is 0 Å². The second-order valence-electron chi connectivity index (χ2n) is 6.91. The Morgan fingerprint density at radius 1 is 0.739 bits per heavy atom. The zero-order chi connectivity index (χ0) is 16.4. The van der Waals surface area contributed by atoms with E-state index in [2.05, 4.69) is 29.0 Å². The average molecular weight is 318 g/mol. The summed E-state index contributed by atoms with van der Waals surface area (Å²) in [5.41, 5.74) is 0. The second-order valence-corrected chi connectivity index (χ2v) is 6.91. The summed E-state index contributed by atoms with van der Waals surface area (Å²) in [6, 6.07) is 2.22. The molecule has 1 rings (SSSR count). The van der Waals surface area contributed by atoms with Gasteiger partial charge < -0.3 is 0 Å². The molecule has 0 aromatic rings. The predicted molar refractivity (Wildman–Crippen MR) is 100 cm³/mol. The third-order valence-electron chi connectivity index (χ3n) is 4.75. The summed E-state index contributed by atoms with van der Waals surface area (Å²) in [4.78, 5) is 0. The summed E-state index contributed by atoms with van der Waals surface area (Å²) in [7, 11) is 0. The monoisotopic (exact) mass is 317 g/mol. The molecule has 23 heavy (non-hydrogen) atoms. The van der Waals surface area contributed by atoms with Crippen LogP contribution in [0.5, 0.6) is 0 Å². The molecule has 0 saturated heterocycles. The van der Waals surface area contributed by atoms with E-state index in [1.54, 1.807) is 0 Å². The zero-order valence-corrected chi connectivity index (χ0v) is 15.1. The molecule has 0 aromatic heterocycles. The van der Waals surface area contributed by atoms with Gasteiger partial charge in [-0.05, 0) is 18.9 Å². The van der Waals surface area contributed by atoms with Gasteiger partial charge in [0.1, 0.15) is 13.1 Å². The molecule has 1 aliphatic heterocycles. The smallest absolute Gasteiger partial charge is 0.163 e. The van der Waals surface area contributed by atoms with E-state index in [0.29, 0.717) is 0 Å². The first kappa shape index (κ1) is 19.9. The molecule has 0 saturated carbocycles. The van der Waals surface area contributed by atoms with Crippen molar-refractivity contribution < 1.29 is 4.58 Å². The number of hydrogen-bond acceptors (Lipinski definition) is 1. The van der Waals surface area contributed by atoms with Crippen LogP contribution in [0.15, 0.2) is 12.2 Å². The largest absolute Gasteiger partial charge is 0.236 e. The van der Waals surface area contributed by atoms with E-state index in [4.69, 9.17) is 5.26 Å². The minimum Gasteiger partial charge on any atom is -0.236 e. The molecule has 0 amide bonds. The van der Waals surface area contributed by atoms with Crippen molar-refractivity contribution in [3.8, 4) is 6.07 Å². The highest BCUT2D eigenvalue weighted by molar-refractivity contribution is 5.66. The van der Waals surface area contributed by atoms with Crippen LogP contribution in [-0.2, 0) is 0 Å². The van der Waals surface area contributed by atoms with Crippen LogP contribution in [0.4, 0.5) is 0 Å². The first-order valence-corrected chi connectivity index (χ1v) is 10.0. The lowest BCUT2D eigenvalue weighted by molar-refractivity contribution is -0.523. The number of nitrogens with zero attached hydrogens (tertiary/aromatic N) is 2. The minimum absolute atomic E-state index is 0.743. The van der Waals surface area contributed by atoms with Crippen LogP contribution in [0.2, 0.25) is 0 Å². The normalized spacial score (nSPS) is 13.8. The van der Waals surface area contributed by atoms with Crippen LogP contribution in [-0.4, -0.2) is 23.9 Å². The Kier molecular flexibility index (Phi) is 13.7. The molecule has 2 nitrogen and oxygen atoms in total. The van der Waals surface area contributed by atoms with Crippen LogP contribution in [0.3, 0.4) is 0 Å². The van der Waals surface area contributed by atoms with Crippen LogP contribution in [0, 0.1) is 11.3 Å². The molecule has 1 heterocycles. The Balaban J connectivity index is 1.71. The van der Waals surface area contributed by atoms with Gasteiger partial charge in [-0.3, -0.25) is 0 Å². The molecule has 1 aliphatic rings. The Bertz CT molecular complexity index is 363. The van der Waals surface area contributed by atoms with Gasteiger partial charge in [-0.25, -0.2) is 4.58 Å². The number of rotatable bonds is 15. The highest BCUT2D eigenvalue weighted by Crippen LogP contribution is 2.13. The van der Waals surface area contributed by atoms with Crippen molar-refractivity contribution in [1.29, 1.82) is 5.26 Å². The molecule has 0 aromatic carbocycles. The highest BCUT2D eigenvalue weighted by atomic mass is 15.0. The Morgan fingerprint density at radius 2 is 1.26 bits per heavy atom. The molecule has 2 heteroatoms. The van der Waals surface area contributed by atoms with E-state index in [0.717, 1.165) is 12.8 Å². The number of nitriles is 1. The van der Waals surface area contributed by atoms with Gasteiger partial charge in [0.25, 0.3) is 0 Å². The van der Waals surface area contributed by atoms with Crippen molar-refractivity contribution in [2.75, 3.05) is 13.1 Å². The average Bonchev–Trinajstić information content (AvgIpc) is 2.59. The summed E-state index contributed by atoms with van der Waals surface area (Å²) in [6.45, 7) is 2.47. The maximum absolute atomic E-state index is 8.46. The lowest BCUT2D eigenvalue weighted by atomic mass is 10.0. The fourth-order valence-corrected chi connectivity index (χ4v) is 3.24. The minimum atomic E-state index is 0.743. The summed E-state index contributed by atoms with van der Waals surface area (Å²) in [6.07, 6.45) is 26.4. The number of unbranched alkanes of at least 4 members (excludes halogenated alkanes) is 13. The Hall–Kier alpha value is -1.10. The SMILES string of the molecule is N#CCCCCCCCCCCCCCCC[N+]1=CC=CCC1. The standard InChI is InChI=1S/C21H37N2/c22-18-14-11-9-7-5-3-1-2-4-6-8-10-12-15-19-23-20-16-13-17-21-23/h13,16,20H,1-12,14-15,17,19,21H2/q+1. The zero-order valence-electron chi connectivity index (χ0n) is 15.1. The number of allylic oxidation sites excluding steroid dienone is 1. The summed E-state index contributed by atoms with van der Waals surface area (Å²) >= 11 is 0. The maximum atomic E-state index is 8.46. The van der Waals surface area contributed by atoms with Gasteiger partial charge in [-0.2, -0.15) is 5.26 Å². The summed E-state index contributed by atoms with van der Waals surface area (Å²) in [5, 5.41) is 8.46. The van der Waals surface area contributed by atoms with Crippen LogP contribution in [0.25, 0.3) is 0 Å². The molecule has 130 valence electrons. The first-order chi connectivity index (χ1) is 11.4. The van der Waals surface area contributed by atoms with Gasteiger partial charge in [-0.15, -0.1) is 0 Å². The van der Waals surface area contributed by atoms with Crippen molar-refractivity contribution in [2.45, 2.75) is 96.3 Å². The van der Waals surface area contributed by atoms with E-state index in [1.165, 1.54) is 96.6 Å². The van der Waals surface area contributed by atoms with E-state index in [9.17, 15) is 0 Å². The van der Waals surface area contributed by atoms with Crippen molar-refractivity contribution in [3.05, 3.63) is 12.2 Å². The van der Waals surface area contributed by atoms with E-state index in [-0.39, 0.29) is 0 Å². The van der Waals surface area contributed by atoms with Crippen molar-refractivity contribution in [1.82, 2.24) is 0 Å². The maximum Gasteiger partial charge on any atom is 0.163 e. The Morgan fingerprint density at radius 3 is 1.74 bits per heavy atom. The molecule has 0 aliphatic carbocycles. The van der Waals surface area contributed by atoms with E-state index in [1.807, 2.05) is 0 Å². The van der Waals surface area contributed by atoms with Crippen LogP contribution in [0.1, 0.15) is 96.3 Å². The molecule has 0 N–H and O–H groups in total. The molecule has 0 atom stereocenters. The molecule has 0 radical (unpaired) electrons. The van der Waals surface area contributed by atoms with Crippen LogP contribution < -0.4 is 0 Å². The number of hydrogen-bond donors (Lipinski definition) is 0.